The lowest BCUT2D eigenvalue weighted by molar-refractivity contribution is -0.137. The first kappa shape index (κ1) is 28.8. The van der Waals surface area contributed by atoms with Crippen molar-refractivity contribution in [3.05, 3.63) is 100 Å². The number of nitrogens with zero attached hydrogens (tertiary/aromatic N) is 4. The minimum absolute atomic E-state index is 0.113. The van der Waals surface area contributed by atoms with E-state index in [2.05, 4.69) is 10.2 Å². The van der Waals surface area contributed by atoms with Crippen molar-refractivity contribution in [2.24, 2.45) is 0 Å². The molecule has 2 fully saturated rings. The number of fused-ring (bicyclic) bond motifs is 1. The molecule has 1 atom stereocenters. The Hall–Kier alpha value is -5.26. The van der Waals surface area contributed by atoms with Crippen molar-refractivity contribution in [3.63, 3.8) is 0 Å². The number of hydrogen-bond donors (Lipinski definition) is 1. The second kappa shape index (κ2) is 12.5. The summed E-state index contributed by atoms with van der Waals surface area (Å²) >= 11 is 0. The van der Waals surface area contributed by atoms with E-state index in [-0.39, 0.29) is 61.4 Å². The number of piperazine rings is 1. The van der Waals surface area contributed by atoms with Crippen LogP contribution in [0.2, 0.25) is 0 Å². The second-order valence-electron chi connectivity index (χ2n) is 10.7. The molecule has 44 heavy (non-hydrogen) atoms. The van der Waals surface area contributed by atoms with Crippen LogP contribution in [0.4, 0.5) is 9.18 Å². The maximum Gasteiger partial charge on any atom is 0.410 e. The van der Waals surface area contributed by atoms with Crippen LogP contribution in [0, 0.1) is 5.82 Å². The molecule has 226 valence electrons. The van der Waals surface area contributed by atoms with Gasteiger partial charge >= 0.3 is 6.09 Å². The van der Waals surface area contributed by atoms with Crippen LogP contribution in [-0.4, -0.2) is 81.6 Å². The Morgan fingerprint density at radius 1 is 0.886 bits per heavy atom. The topological polar surface area (TPSA) is 125 Å². The summed E-state index contributed by atoms with van der Waals surface area (Å²) in [6.07, 6.45) is 0.703. The Labute approximate surface area is 251 Å². The van der Waals surface area contributed by atoms with Crippen LogP contribution < -0.4 is 10.3 Å². The van der Waals surface area contributed by atoms with Gasteiger partial charge in [0.1, 0.15) is 24.2 Å². The number of aromatic nitrogens is 2. The number of nitrogens with one attached hydrogen (secondary N) is 1. The SMILES string of the molecule is O=C(c1cc(Oc2n[nH]c(=O)c3ccccc23)ccc1F)N1CCN(C(=O)C2CCCN2C(=O)OCc2ccccc2)CC1. The summed E-state index contributed by atoms with van der Waals surface area (Å²) in [5.41, 5.74) is 0.308. The van der Waals surface area contributed by atoms with Crippen LogP contribution in [0.5, 0.6) is 11.6 Å². The lowest BCUT2D eigenvalue weighted by Crippen LogP contribution is -2.55. The highest BCUT2D eigenvalue weighted by molar-refractivity contribution is 5.95. The lowest BCUT2D eigenvalue weighted by Gasteiger charge is -2.37. The molecule has 6 rings (SSSR count). The van der Waals surface area contributed by atoms with E-state index in [4.69, 9.17) is 9.47 Å². The average molecular weight is 600 g/mol. The molecule has 0 spiro atoms. The Kier molecular flexibility index (Phi) is 8.22. The monoisotopic (exact) mass is 599 g/mol. The van der Waals surface area contributed by atoms with E-state index in [0.717, 1.165) is 11.6 Å². The number of likely N-dealkylation sites (tertiary alicyclic amines) is 1. The highest BCUT2D eigenvalue weighted by Gasteiger charge is 2.38. The van der Waals surface area contributed by atoms with E-state index >= 15 is 0 Å². The summed E-state index contributed by atoms with van der Waals surface area (Å²) < 4.78 is 26.1. The minimum atomic E-state index is -0.712. The normalized spacial score (nSPS) is 16.7. The largest absolute Gasteiger partial charge is 0.445 e. The zero-order valence-corrected chi connectivity index (χ0v) is 23.8. The molecule has 4 aromatic rings. The van der Waals surface area contributed by atoms with E-state index in [9.17, 15) is 23.6 Å². The van der Waals surface area contributed by atoms with Gasteiger partial charge in [-0.3, -0.25) is 19.3 Å². The molecule has 3 aromatic carbocycles. The van der Waals surface area contributed by atoms with Crippen molar-refractivity contribution < 1.29 is 28.2 Å². The Bertz CT molecular complexity index is 1760. The molecular formula is C32H30FN5O6. The fourth-order valence-corrected chi connectivity index (χ4v) is 5.57. The van der Waals surface area contributed by atoms with Gasteiger partial charge in [0.2, 0.25) is 11.8 Å². The summed E-state index contributed by atoms with van der Waals surface area (Å²) in [7, 11) is 0. The predicted molar refractivity (Wildman–Crippen MR) is 158 cm³/mol. The van der Waals surface area contributed by atoms with Crippen LogP contribution in [0.3, 0.4) is 0 Å². The standard InChI is InChI=1S/C32H30FN5O6/c33-26-13-12-22(44-29-24-10-5-4-9-23(24)28(39)34-35-29)19-25(26)30(40)36-15-17-37(18-16-36)31(41)27-11-6-14-38(27)32(42)43-20-21-7-2-1-3-8-21/h1-5,7-10,12-13,19,27H,6,11,14-18,20H2,(H,34,39). The number of H-pyrrole nitrogens is 1. The van der Waals surface area contributed by atoms with Gasteiger partial charge in [-0.2, -0.15) is 0 Å². The maximum atomic E-state index is 14.8. The third kappa shape index (κ3) is 5.96. The molecule has 2 aliphatic rings. The lowest BCUT2D eigenvalue weighted by atomic mass is 10.1. The molecule has 3 heterocycles. The molecule has 0 radical (unpaired) electrons. The van der Waals surface area contributed by atoms with E-state index in [1.807, 2.05) is 30.3 Å². The van der Waals surface area contributed by atoms with Gasteiger partial charge in [0.25, 0.3) is 11.5 Å². The molecule has 2 saturated heterocycles. The molecule has 0 bridgehead atoms. The average Bonchev–Trinajstić information content (AvgIpc) is 3.56. The first-order chi connectivity index (χ1) is 21.4. The molecule has 1 N–H and O–H groups in total. The van der Waals surface area contributed by atoms with E-state index < -0.39 is 23.9 Å². The van der Waals surface area contributed by atoms with Gasteiger partial charge in [0.05, 0.1) is 16.3 Å². The third-order valence-corrected chi connectivity index (χ3v) is 7.90. The summed E-state index contributed by atoms with van der Waals surface area (Å²) in [5, 5.41) is 7.20. The van der Waals surface area contributed by atoms with Crippen LogP contribution in [0.25, 0.3) is 10.8 Å². The van der Waals surface area contributed by atoms with E-state index in [1.54, 1.807) is 29.2 Å². The van der Waals surface area contributed by atoms with Crippen molar-refractivity contribution in [2.45, 2.75) is 25.5 Å². The van der Waals surface area contributed by atoms with Crippen molar-refractivity contribution in [1.29, 1.82) is 0 Å². The maximum absolute atomic E-state index is 14.8. The number of benzene rings is 3. The molecule has 0 aliphatic carbocycles. The number of halogens is 1. The van der Waals surface area contributed by atoms with Gasteiger partial charge in [-0.05, 0) is 48.7 Å². The number of carbonyl (C=O) groups excluding carboxylic acids is 3. The van der Waals surface area contributed by atoms with E-state index in [1.165, 1.54) is 21.9 Å². The van der Waals surface area contributed by atoms with E-state index in [0.29, 0.717) is 30.2 Å². The molecule has 12 heteroatoms. The number of hydrogen-bond acceptors (Lipinski definition) is 7. The number of rotatable bonds is 6. The molecule has 1 unspecified atom stereocenters. The van der Waals surface area contributed by atoms with Gasteiger partial charge in [-0.25, -0.2) is 14.3 Å². The van der Waals surface area contributed by atoms with Gasteiger partial charge in [-0.1, -0.05) is 42.5 Å². The Morgan fingerprint density at radius 3 is 2.36 bits per heavy atom. The highest BCUT2D eigenvalue weighted by Crippen LogP contribution is 2.28. The summed E-state index contributed by atoms with van der Waals surface area (Å²) in [6.45, 7) is 1.46. The fourth-order valence-electron chi connectivity index (χ4n) is 5.57. The van der Waals surface area contributed by atoms with Crippen molar-refractivity contribution >= 4 is 28.7 Å². The number of amides is 3. The Balaban J connectivity index is 1.08. The highest BCUT2D eigenvalue weighted by atomic mass is 19.1. The molecular weight excluding hydrogens is 569 g/mol. The van der Waals surface area contributed by atoms with Gasteiger partial charge in [0, 0.05) is 32.7 Å². The predicted octanol–water partition coefficient (Wildman–Crippen LogP) is 3.94. The van der Waals surface area contributed by atoms with Crippen LogP contribution >= 0.6 is 0 Å². The quantitative estimate of drug-likeness (QED) is 0.356. The number of aromatic amines is 1. The van der Waals surface area contributed by atoms with Crippen LogP contribution in [0.1, 0.15) is 28.8 Å². The molecule has 3 amide bonds. The van der Waals surface area contributed by atoms with Crippen molar-refractivity contribution in [1.82, 2.24) is 24.9 Å². The molecule has 2 aliphatic heterocycles. The molecule has 1 aromatic heterocycles. The fraction of sp³-hybridized carbons (Fsp3) is 0.281. The number of ether oxygens (including phenoxy) is 2. The summed E-state index contributed by atoms with van der Waals surface area (Å²) in [4.78, 5) is 56.2. The van der Waals surface area contributed by atoms with Gasteiger partial charge in [0.15, 0.2) is 0 Å². The Morgan fingerprint density at radius 2 is 1.59 bits per heavy atom. The smallest absolute Gasteiger partial charge is 0.410 e. The zero-order valence-electron chi connectivity index (χ0n) is 23.8. The third-order valence-electron chi connectivity index (χ3n) is 7.90. The van der Waals surface area contributed by atoms with Crippen molar-refractivity contribution in [2.75, 3.05) is 32.7 Å². The second-order valence-corrected chi connectivity index (χ2v) is 10.7. The zero-order chi connectivity index (χ0) is 30.6. The molecule has 11 nitrogen and oxygen atoms in total. The van der Waals surface area contributed by atoms with Gasteiger partial charge < -0.3 is 19.3 Å². The van der Waals surface area contributed by atoms with Crippen LogP contribution in [0.15, 0.2) is 77.6 Å². The first-order valence-corrected chi connectivity index (χ1v) is 14.4. The molecule has 0 saturated carbocycles. The van der Waals surface area contributed by atoms with Crippen molar-refractivity contribution in [3.8, 4) is 11.6 Å². The summed E-state index contributed by atoms with van der Waals surface area (Å²) in [6, 6.07) is 19.3. The number of carbonyl (C=O) groups is 3. The first-order valence-electron chi connectivity index (χ1n) is 14.4. The van der Waals surface area contributed by atoms with Crippen LogP contribution in [-0.2, 0) is 16.1 Å². The minimum Gasteiger partial charge on any atom is -0.445 e. The summed E-state index contributed by atoms with van der Waals surface area (Å²) in [5.74, 6) is -1.15. The van der Waals surface area contributed by atoms with Gasteiger partial charge in [-0.15, -0.1) is 5.10 Å².